The van der Waals surface area contributed by atoms with Crippen molar-refractivity contribution in [3.05, 3.63) is 28.3 Å². The monoisotopic (exact) mass is 271 g/mol. The molecule has 0 radical (unpaired) electrons. The maximum Gasteiger partial charge on any atom is 0.295 e. The number of carbonyl (C=O) groups excluding carboxylic acids is 1. The lowest BCUT2D eigenvalue weighted by Crippen LogP contribution is -2.26. The van der Waals surface area contributed by atoms with E-state index in [4.69, 9.17) is 5.11 Å². The molecule has 1 aromatic carbocycles. The number of thioether (sulfide) groups is 1. The topological polar surface area (TPSA) is 104 Å². The van der Waals surface area contributed by atoms with E-state index in [1.807, 2.05) is 0 Å². The second-order valence-electron chi connectivity index (χ2n) is 3.31. The number of hydrazine groups is 1. The fourth-order valence-electron chi connectivity index (χ4n) is 1.18. The smallest absolute Gasteiger partial charge is 0.295 e. The summed E-state index contributed by atoms with van der Waals surface area (Å²) in [5.74, 6) is 0.123. The van der Waals surface area contributed by atoms with Crippen LogP contribution in [0.4, 0.5) is 11.4 Å². The molecule has 0 aliphatic carbocycles. The summed E-state index contributed by atoms with van der Waals surface area (Å²) in [5, 5.41) is 19.6. The number of rotatable bonds is 6. The zero-order chi connectivity index (χ0) is 13.5. The highest BCUT2D eigenvalue weighted by Gasteiger charge is 2.14. The molecule has 0 bridgehead atoms. The first kappa shape index (κ1) is 14.3. The van der Waals surface area contributed by atoms with Gasteiger partial charge in [-0.2, -0.15) is 0 Å². The second kappa shape index (κ2) is 6.82. The molecule has 1 aromatic rings. The highest BCUT2D eigenvalue weighted by atomic mass is 32.2. The zero-order valence-corrected chi connectivity index (χ0v) is 10.5. The van der Waals surface area contributed by atoms with Gasteiger partial charge in [-0.1, -0.05) is 0 Å². The fraction of sp³-hybridized carbons (Fsp3) is 0.300. The SMILES string of the molecule is CC(=O)NNc1ccc(SCCO)cc1[N+](=O)[O-]. The van der Waals surface area contributed by atoms with E-state index in [1.54, 1.807) is 6.07 Å². The quantitative estimate of drug-likeness (QED) is 0.407. The lowest BCUT2D eigenvalue weighted by molar-refractivity contribution is -0.384. The van der Waals surface area contributed by atoms with Crippen molar-refractivity contribution in [2.75, 3.05) is 17.8 Å². The lowest BCUT2D eigenvalue weighted by Gasteiger charge is -2.08. The van der Waals surface area contributed by atoms with Gasteiger partial charge in [0.2, 0.25) is 5.91 Å². The Morgan fingerprint density at radius 3 is 2.83 bits per heavy atom. The zero-order valence-electron chi connectivity index (χ0n) is 9.67. The van der Waals surface area contributed by atoms with Crippen LogP contribution in [0, 0.1) is 10.1 Å². The summed E-state index contributed by atoms with van der Waals surface area (Å²) in [6.45, 7) is 1.30. The van der Waals surface area contributed by atoms with Crippen LogP contribution >= 0.6 is 11.8 Å². The van der Waals surface area contributed by atoms with E-state index >= 15 is 0 Å². The van der Waals surface area contributed by atoms with E-state index in [-0.39, 0.29) is 23.9 Å². The molecule has 0 aromatic heterocycles. The molecular weight excluding hydrogens is 258 g/mol. The summed E-state index contributed by atoms with van der Waals surface area (Å²) in [6, 6.07) is 4.58. The van der Waals surface area contributed by atoms with Crippen LogP contribution < -0.4 is 10.9 Å². The number of nitro benzene ring substituents is 1. The van der Waals surface area contributed by atoms with Crippen LogP contribution in [0.5, 0.6) is 0 Å². The van der Waals surface area contributed by atoms with E-state index in [0.29, 0.717) is 10.6 Å². The molecule has 0 fully saturated rings. The van der Waals surface area contributed by atoms with E-state index in [9.17, 15) is 14.9 Å². The van der Waals surface area contributed by atoms with Gasteiger partial charge in [-0.3, -0.25) is 25.8 Å². The van der Waals surface area contributed by atoms with Crippen LogP contribution in [0.2, 0.25) is 0 Å². The minimum Gasteiger partial charge on any atom is -0.396 e. The van der Waals surface area contributed by atoms with E-state index < -0.39 is 4.92 Å². The van der Waals surface area contributed by atoms with Crippen LogP contribution in [0.25, 0.3) is 0 Å². The van der Waals surface area contributed by atoms with Gasteiger partial charge in [0.1, 0.15) is 5.69 Å². The Bertz CT molecular complexity index is 453. The predicted molar refractivity (Wildman–Crippen MR) is 68.3 cm³/mol. The summed E-state index contributed by atoms with van der Waals surface area (Å²) in [6.07, 6.45) is 0. The van der Waals surface area contributed by atoms with Gasteiger partial charge < -0.3 is 5.11 Å². The molecule has 0 atom stereocenters. The van der Waals surface area contributed by atoms with Gasteiger partial charge in [0.15, 0.2) is 0 Å². The molecule has 0 heterocycles. The number of nitro groups is 1. The Morgan fingerprint density at radius 2 is 2.28 bits per heavy atom. The molecule has 3 N–H and O–H groups in total. The molecule has 8 heteroatoms. The molecule has 0 unspecified atom stereocenters. The highest BCUT2D eigenvalue weighted by molar-refractivity contribution is 7.99. The van der Waals surface area contributed by atoms with Crippen LogP contribution in [-0.2, 0) is 4.79 Å². The van der Waals surface area contributed by atoms with Gasteiger partial charge >= 0.3 is 0 Å². The van der Waals surface area contributed by atoms with Gasteiger partial charge in [0.05, 0.1) is 11.5 Å². The maximum atomic E-state index is 10.9. The van der Waals surface area contributed by atoms with Crippen molar-refractivity contribution in [3.8, 4) is 0 Å². The minimum absolute atomic E-state index is 0.00432. The van der Waals surface area contributed by atoms with Crippen LogP contribution in [0.15, 0.2) is 23.1 Å². The summed E-state index contributed by atoms with van der Waals surface area (Å²) >= 11 is 1.32. The number of benzene rings is 1. The highest BCUT2D eigenvalue weighted by Crippen LogP contribution is 2.29. The predicted octanol–water partition coefficient (Wildman–Crippen LogP) is 1.14. The molecule has 1 rings (SSSR count). The van der Waals surface area contributed by atoms with Gasteiger partial charge in [-0.15, -0.1) is 11.8 Å². The van der Waals surface area contributed by atoms with Crippen molar-refractivity contribution in [1.29, 1.82) is 0 Å². The molecule has 7 nitrogen and oxygen atoms in total. The van der Waals surface area contributed by atoms with E-state index in [0.717, 1.165) is 0 Å². The molecule has 1 amide bonds. The number of hydrogen-bond acceptors (Lipinski definition) is 6. The Kier molecular flexibility index (Phi) is 5.40. The average molecular weight is 271 g/mol. The number of carbonyl (C=O) groups is 1. The molecule has 0 aliphatic heterocycles. The first-order valence-electron chi connectivity index (χ1n) is 5.09. The van der Waals surface area contributed by atoms with Crippen molar-refractivity contribution >= 4 is 29.0 Å². The lowest BCUT2D eigenvalue weighted by atomic mass is 10.3. The number of nitrogens with one attached hydrogen (secondary N) is 2. The third-order valence-electron chi connectivity index (χ3n) is 1.90. The summed E-state index contributed by atoms with van der Waals surface area (Å²) in [4.78, 5) is 21.8. The number of anilines is 1. The number of nitrogens with zero attached hydrogens (tertiary/aromatic N) is 1. The largest absolute Gasteiger partial charge is 0.396 e. The third kappa shape index (κ3) is 4.22. The first-order chi connectivity index (χ1) is 8.54. The van der Waals surface area contributed by atoms with Crippen LogP contribution in [0.1, 0.15) is 6.92 Å². The van der Waals surface area contributed by atoms with Crippen molar-refractivity contribution in [2.24, 2.45) is 0 Å². The van der Waals surface area contributed by atoms with Gasteiger partial charge in [-0.05, 0) is 12.1 Å². The molecule has 0 saturated heterocycles. The molecular formula is C10H13N3O4S. The average Bonchev–Trinajstić information content (AvgIpc) is 2.34. The molecule has 0 spiro atoms. The number of aliphatic hydroxyl groups is 1. The number of aliphatic hydroxyl groups excluding tert-OH is 1. The van der Waals surface area contributed by atoms with Crippen molar-refractivity contribution in [2.45, 2.75) is 11.8 Å². The number of amides is 1. The van der Waals surface area contributed by atoms with E-state index in [1.165, 1.54) is 30.8 Å². The standard InChI is InChI=1S/C10H13N3O4S/c1-7(15)11-12-9-3-2-8(18-5-4-14)6-10(9)13(16)17/h2-3,6,12,14H,4-5H2,1H3,(H,11,15). The Morgan fingerprint density at radius 1 is 1.56 bits per heavy atom. The summed E-state index contributed by atoms with van der Waals surface area (Å²) < 4.78 is 0. The molecule has 0 saturated carbocycles. The van der Waals surface area contributed by atoms with Crippen LogP contribution in [0.3, 0.4) is 0 Å². The minimum atomic E-state index is -0.535. The third-order valence-corrected chi connectivity index (χ3v) is 2.87. The van der Waals surface area contributed by atoms with Gasteiger partial charge in [-0.25, -0.2) is 0 Å². The Hall–Kier alpha value is -1.80. The van der Waals surface area contributed by atoms with Crippen molar-refractivity contribution < 1.29 is 14.8 Å². The first-order valence-corrected chi connectivity index (χ1v) is 6.08. The normalized spacial score (nSPS) is 9.89. The van der Waals surface area contributed by atoms with Gasteiger partial charge in [0.25, 0.3) is 5.69 Å². The van der Waals surface area contributed by atoms with Crippen molar-refractivity contribution in [1.82, 2.24) is 5.43 Å². The Labute approximate surface area is 108 Å². The number of hydrogen-bond donors (Lipinski definition) is 3. The Balaban J connectivity index is 2.89. The molecule has 18 heavy (non-hydrogen) atoms. The summed E-state index contributed by atoms with van der Waals surface area (Å²) in [7, 11) is 0. The van der Waals surface area contributed by atoms with Crippen molar-refractivity contribution in [3.63, 3.8) is 0 Å². The molecule has 98 valence electrons. The fourth-order valence-corrected chi connectivity index (χ4v) is 1.86. The summed E-state index contributed by atoms with van der Waals surface area (Å²) in [5.41, 5.74) is 4.84. The van der Waals surface area contributed by atoms with Crippen LogP contribution in [-0.4, -0.2) is 28.3 Å². The second-order valence-corrected chi connectivity index (χ2v) is 4.48. The molecule has 0 aliphatic rings. The van der Waals surface area contributed by atoms with E-state index in [2.05, 4.69) is 10.9 Å². The van der Waals surface area contributed by atoms with Gasteiger partial charge in [0, 0.05) is 23.6 Å². The maximum absolute atomic E-state index is 10.9.